The van der Waals surface area contributed by atoms with Crippen molar-refractivity contribution in [3.8, 4) is 0 Å². The van der Waals surface area contributed by atoms with Crippen LogP contribution in [-0.2, 0) is 4.74 Å². The highest BCUT2D eigenvalue weighted by Crippen LogP contribution is 2.32. The lowest BCUT2D eigenvalue weighted by molar-refractivity contribution is -0.0464. The SMILES string of the molecule is CC1CNC(C)(CC2CCSCC2)O1. The van der Waals surface area contributed by atoms with Gasteiger partial charge in [-0.3, -0.25) is 5.32 Å². The Kier molecular flexibility index (Phi) is 3.40. The predicted octanol–water partition coefficient (Wildman–Crippen LogP) is 2.24. The summed E-state index contributed by atoms with van der Waals surface area (Å²) in [5.41, 5.74) is -0.0356. The van der Waals surface area contributed by atoms with Crippen molar-refractivity contribution < 1.29 is 4.74 Å². The first-order valence-electron chi connectivity index (χ1n) is 5.68. The normalized spacial score (nSPS) is 40.3. The molecule has 1 N–H and O–H groups in total. The van der Waals surface area contributed by atoms with Gasteiger partial charge in [-0.25, -0.2) is 0 Å². The van der Waals surface area contributed by atoms with Gasteiger partial charge in [0, 0.05) is 6.54 Å². The second kappa shape index (κ2) is 4.42. The maximum Gasteiger partial charge on any atom is 0.117 e. The van der Waals surface area contributed by atoms with Crippen molar-refractivity contribution in [3.63, 3.8) is 0 Å². The molecule has 0 spiro atoms. The largest absolute Gasteiger partial charge is 0.357 e. The summed E-state index contributed by atoms with van der Waals surface area (Å²) < 4.78 is 5.93. The molecule has 0 bridgehead atoms. The van der Waals surface area contributed by atoms with Crippen LogP contribution in [0.4, 0.5) is 0 Å². The molecule has 3 heteroatoms. The Bertz CT molecular complexity index is 194. The number of thioether (sulfide) groups is 1. The van der Waals surface area contributed by atoms with Crippen molar-refractivity contribution in [1.82, 2.24) is 5.32 Å². The van der Waals surface area contributed by atoms with E-state index in [-0.39, 0.29) is 5.72 Å². The van der Waals surface area contributed by atoms with Crippen molar-refractivity contribution >= 4 is 11.8 Å². The molecule has 2 heterocycles. The first kappa shape index (κ1) is 10.8. The highest BCUT2D eigenvalue weighted by molar-refractivity contribution is 7.99. The zero-order chi connectivity index (χ0) is 10.0. The Morgan fingerprint density at radius 1 is 1.43 bits per heavy atom. The van der Waals surface area contributed by atoms with Gasteiger partial charge in [-0.15, -0.1) is 0 Å². The molecule has 14 heavy (non-hydrogen) atoms. The third-order valence-electron chi connectivity index (χ3n) is 3.24. The monoisotopic (exact) mass is 215 g/mol. The molecule has 2 saturated heterocycles. The molecular formula is C11H21NOS. The maximum atomic E-state index is 5.93. The number of rotatable bonds is 2. The second-order valence-corrected chi connectivity index (χ2v) is 6.02. The number of ether oxygens (including phenoxy) is 1. The molecule has 82 valence electrons. The van der Waals surface area contributed by atoms with Crippen LogP contribution in [0.2, 0.25) is 0 Å². The van der Waals surface area contributed by atoms with Gasteiger partial charge in [0.2, 0.25) is 0 Å². The van der Waals surface area contributed by atoms with E-state index in [4.69, 9.17) is 4.74 Å². The fourth-order valence-electron chi connectivity index (χ4n) is 2.51. The Morgan fingerprint density at radius 2 is 2.14 bits per heavy atom. The zero-order valence-corrected chi connectivity index (χ0v) is 10.0. The van der Waals surface area contributed by atoms with Gasteiger partial charge in [0.15, 0.2) is 0 Å². The summed E-state index contributed by atoms with van der Waals surface area (Å²) in [6.07, 6.45) is 4.33. The Morgan fingerprint density at radius 3 is 2.71 bits per heavy atom. The molecule has 2 atom stereocenters. The van der Waals surface area contributed by atoms with Gasteiger partial charge in [-0.05, 0) is 50.5 Å². The lowest BCUT2D eigenvalue weighted by Gasteiger charge is -2.31. The van der Waals surface area contributed by atoms with E-state index in [1.807, 2.05) is 0 Å². The number of hydrogen-bond donors (Lipinski definition) is 1. The van der Waals surface area contributed by atoms with Gasteiger partial charge in [-0.2, -0.15) is 11.8 Å². The topological polar surface area (TPSA) is 21.3 Å². The lowest BCUT2D eigenvalue weighted by Crippen LogP contribution is -2.40. The summed E-state index contributed by atoms with van der Waals surface area (Å²) >= 11 is 2.09. The predicted molar refractivity (Wildman–Crippen MR) is 61.6 cm³/mol. The Labute approximate surface area is 91.2 Å². The van der Waals surface area contributed by atoms with Crippen LogP contribution in [0.25, 0.3) is 0 Å². The quantitative estimate of drug-likeness (QED) is 0.763. The molecule has 2 aliphatic rings. The Hall–Kier alpha value is 0.270. The average molecular weight is 215 g/mol. The Balaban J connectivity index is 1.83. The van der Waals surface area contributed by atoms with E-state index in [0.29, 0.717) is 6.10 Å². The molecule has 2 rings (SSSR count). The van der Waals surface area contributed by atoms with Crippen LogP contribution in [0.15, 0.2) is 0 Å². The molecule has 0 aromatic carbocycles. The van der Waals surface area contributed by atoms with Crippen LogP contribution in [0, 0.1) is 5.92 Å². The second-order valence-electron chi connectivity index (χ2n) is 4.80. The summed E-state index contributed by atoms with van der Waals surface area (Å²) in [5.74, 6) is 3.56. The van der Waals surface area contributed by atoms with Gasteiger partial charge in [-0.1, -0.05) is 0 Å². The van der Waals surface area contributed by atoms with Gasteiger partial charge in [0.25, 0.3) is 0 Å². The molecular weight excluding hydrogens is 194 g/mol. The lowest BCUT2D eigenvalue weighted by atomic mass is 9.93. The molecule has 2 nitrogen and oxygen atoms in total. The summed E-state index contributed by atoms with van der Waals surface area (Å²) in [5, 5.41) is 3.50. The van der Waals surface area contributed by atoms with E-state index >= 15 is 0 Å². The zero-order valence-electron chi connectivity index (χ0n) is 9.21. The van der Waals surface area contributed by atoms with Crippen molar-refractivity contribution in [2.45, 2.75) is 44.9 Å². The van der Waals surface area contributed by atoms with Crippen molar-refractivity contribution in [1.29, 1.82) is 0 Å². The van der Waals surface area contributed by atoms with E-state index in [1.165, 1.54) is 30.8 Å². The molecule has 0 aliphatic carbocycles. The van der Waals surface area contributed by atoms with E-state index in [9.17, 15) is 0 Å². The molecule has 0 saturated carbocycles. The third-order valence-corrected chi connectivity index (χ3v) is 4.29. The molecule has 2 fully saturated rings. The minimum atomic E-state index is -0.0356. The van der Waals surface area contributed by atoms with Gasteiger partial charge >= 0.3 is 0 Å². The van der Waals surface area contributed by atoms with E-state index < -0.39 is 0 Å². The van der Waals surface area contributed by atoms with Gasteiger partial charge in [0.1, 0.15) is 5.72 Å². The number of hydrogen-bond acceptors (Lipinski definition) is 3. The molecule has 0 amide bonds. The molecule has 2 unspecified atom stereocenters. The van der Waals surface area contributed by atoms with Crippen molar-refractivity contribution in [3.05, 3.63) is 0 Å². The van der Waals surface area contributed by atoms with Crippen LogP contribution >= 0.6 is 11.8 Å². The van der Waals surface area contributed by atoms with Gasteiger partial charge in [0.05, 0.1) is 6.10 Å². The standard InChI is InChI=1S/C11H21NOS/c1-9-8-12-11(2,13-9)7-10-3-5-14-6-4-10/h9-10,12H,3-8H2,1-2H3. The highest BCUT2D eigenvalue weighted by Gasteiger charge is 2.35. The molecule has 0 radical (unpaired) electrons. The first-order chi connectivity index (χ1) is 6.68. The molecule has 2 aliphatic heterocycles. The van der Waals surface area contributed by atoms with Crippen LogP contribution in [-0.4, -0.2) is 29.9 Å². The van der Waals surface area contributed by atoms with Gasteiger partial charge < -0.3 is 4.74 Å². The van der Waals surface area contributed by atoms with Crippen molar-refractivity contribution in [2.75, 3.05) is 18.1 Å². The molecule has 0 aromatic rings. The van der Waals surface area contributed by atoms with E-state index in [1.54, 1.807) is 0 Å². The average Bonchev–Trinajstić information content (AvgIpc) is 2.47. The van der Waals surface area contributed by atoms with Crippen LogP contribution < -0.4 is 5.32 Å². The smallest absolute Gasteiger partial charge is 0.117 e. The van der Waals surface area contributed by atoms with E-state index in [2.05, 4.69) is 30.9 Å². The maximum absolute atomic E-state index is 5.93. The van der Waals surface area contributed by atoms with Crippen LogP contribution in [0.3, 0.4) is 0 Å². The third kappa shape index (κ3) is 2.65. The van der Waals surface area contributed by atoms with E-state index in [0.717, 1.165) is 12.5 Å². The minimum Gasteiger partial charge on any atom is -0.357 e. The van der Waals surface area contributed by atoms with Crippen molar-refractivity contribution in [2.24, 2.45) is 5.92 Å². The van der Waals surface area contributed by atoms with Crippen LogP contribution in [0.1, 0.15) is 33.1 Å². The first-order valence-corrected chi connectivity index (χ1v) is 6.84. The fraction of sp³-hybridized carbons (Fsp3) is 1.00. The fourth-order valence-corrected chi connectivity index (χ4v) is 3.71. The number of nitrogens with one attached hydrogen (secondary N) is 1. The van der Waals surface area contributed by atoms with Crippen LogP contribution in [0.5, 0.6) is 0 Å². The minimum absolute atomic E-state index is 0.0356. The summed E-state index contributed by atoms with van der Waals surface area (Å²) in [6, 6.07) is 0. The summed E-state index contributed by atoms with van der Waals surface area (Å²) in [4.78, 5) is 0. The molecule has 0 aromatic heterocycles. The summed E-state index contributed by atoms with van der Waals surface area (Å²) in [7, 11) is 0. The highest BCUT2D eigenvalue weighted by atomic mass is 32.2. The summed E-state index contributed by atoms with van der Waals surface area (Å²) in [6.45, 7) is 5.37.